The van der Waals surface area contributed by atoms with Crippen LogP contribution in [-0.2, 0) is 17.6 Å². The molecule has 0 amide bonds. The third-order valence-electron chi connectivity index (χ3n) is 5.32. The second-order valence-electron chi connectivity index (χ2n) is 7.10. The molecule has 0 aliphatic carbocycles. The molecular formula is C23H19N5O. The van der Waals surface area contributed by atoms with E-state index in [-0.39, 0.29) is 12.3 Å². The number of tetrazole rings is 1. The van der Waals surface area contributed by atoms with Gasteiger partial charge in [0.2, 0.25) is 0 Å². The van der Waals surface area contributed by atoms with E-state index in [4.69, 9.17) is 0 Å². The molecule has 5 rings (SSSR count). The van der Waals surface area contributed by atoms with Crippen LogP contribution in [-0.4, -0.2) is 38.2 Å². The largest absolute Gasteiger partial charge is 0.297 e. The highest BCUT2D eigenvalue weighted by atomic mass is 16.1. The maximum Gasteiger partial charge on any atom is 0.158 e. The topological polar surface area (TPSA) is 73.0 Å². The lowest BCUT2D eigenvalue weighted by atomic mass is 9.91. The van der Waals surface area contributed by atoms with Gasteiger partial charge in [-0.1, -0.05) is 55.5 Å². The predicted octanol–water partition coefficient (Wildman–Crippen LogP) is 3.34. The van der Waals surface area contributed by atoms with E-state index in [0.29, 0.717) is 6.42 Å². The SMILES string of the molecule is CCc1nnnn1-c1ccc(C2=NCC(=O)Cc3c2ccc2ccccc32)cc1. The first-order valence-electron chi connectivity index (χ1n) is 9.70. The molecule has 1 aliphatic rings. The first kappa shape index (κ1) is 17.4. The lowest BCUT2D eigenvalue weighted by Crippen LogP contribution is -2.08. The number of benzene rings is 3. The second-order valence-corrected chi connectivity index (χ2v) is 7.10. The molecule has 0 atom stereocenters. The Kier molecular flexibility index (Phi) is 4.24. The Balaban J connectivity index is 1.61. The number of ketones is 1. The van der Waals surface area contributed by atoms with Gasteiger partial charge in [-0.2, -0.15) is 4.68 Å². The molecule has 142 valence electrons. The highest BCUT2D eigenvalue weighted by molar-refractivity contribution is 6.17. The van der Waals surface area contributed by atoms with Gasteiger partial charge in [0.05, 0.1) is 17.9 Å². The molecule has 0 N–H and O–H groups in total. The van der Waals surface area contributed by atoms with Gasteiger partial charge in [-0.15, -0.1) is 5.10 Å². The quantitative estimate of drug-likeness (QED) is 0.546. The van der Waals surface area contributed by atoms with Crippen LogP contribution >= 0.6 is 0 Å². The summed E-state index contributed by atoms with van der Waals surface area (Å²) in [6.45, 7) is 2.22. The van der Waals surface area contributed by atoms with Crippen LogP contribution < -0.4 is 0 Å². The summed E-state index contributed by atoms with van der Waals surface area (Å²) in [5.74, 6) is 0.947. The van der Waals surface area contributed by atoms with Gasteiger partial charge in [-0.25, -0.2) is 0 Å². The second kappa shape index (κ2) is 7.05. The van der Waals surface area contributed by atoms with Gasteiger partial charge in [0.15, 0.2) is 11.6 Å². The number of aromatic nitrogens is 4. The van der Waals surface area contributed by atoms with E-state index < -0.39 is 0 Å². The monoisotopic (exact) mass is 381 g/mol. The molecule has 2 heterocycles. The summed E-state index contributed by atoms with van der Waals surface area (Å²) in [6.07, 6.45) is 1.16. The minimum atomic E-state index is 0.135. The average molecular weight is 381 g/mol. The summed E-state index contributed by atoms with van der Waals surface area (Å²) in [5.41, 5.74) is 4.82. The highest BCUT2D eigenvalue weighted by Crippen LogP contribution is 2.28. The first-order valence-corrected chi connectivity index (χ1v) is 9.70. The van der Waals surface area contributed by atoms with Gasteiger partial charge in [0, 0.05) is 24.0 Å². The van der Waals surface area contributed by atoms with Gasteiger partial charge in [0.1, 0.15) is 0 Å². The van der Waals surface area contributed by atoms with Crippen molar-refractivity contribution >= 4 is 22.3 Å². The molecule has 6 heteroatoms. The summed E-state index contributed by atoms with van der Waals surface area (Å²) in [4.78, 5) is 17.1. The van der Waals surface area contributed by atoms with Crippen LogP contribution in [0.25, 0.3) is 16.5 Å². The molecule has 6 nitrogen and oxygen atoms in total. The van der Waals surface area contributed by atoms with Crippen molar-refractivity contribution in [1.82, 2.24) is 20.2 Å². The summed E-state index contributed by atoms with van der Waals surface area (Å²) >= 11 is 0. The van der Waals surface area contributed by atoms with Crippen molar-refractivity contribution in [2.45, 2.75) is 19.8 Å². The third kappa shape index (κ3) is 3.02. The minimum absolute atomic E-state index is 0.135. The molecule has 1 aromatic heterocycles. The smallest absolute Gasteiger partial charge is 0.158 e. The fourth-order valence-corrected chi connectivity index (χ4v) is 3.89. The van der Waals surface area contributed by atoms with Crippen molar-refractivity contribution in [2.75, 3.05) is 6.54 Å². The molecule has 29 heavy (non-hydrogen) atoms. The Morgan fingerprint density at radius 3 is 2.66 bits per heavy atom. The van der Waals surface area contributed by atoms with E-state index in [0.717, 1.165) is 51.1 Å². The first-order chi connectivity index (χ1) is 14.2. The lowest BCUT2D eigenvalue weighted by Gasteiger charge is -2.13. The number of aryl methyl sites for hydroxylation is 1. The molecule has 0 radical (unpaired) electrons. The maximum atomic E-state index is 12.4. The van der Waals surface area contributed by atoms with Gasteiger partial charge < -0.3 is 0 Å². The van der Waals surface area contributed by atoms with E-state index in [1.807, 2.05) is 43.3 Å². The fourth-order valence-electron chi connectivity index (χ4n) is 3.89. The lowest BCUT2D eigenvalue weighted by molar-refractivity contribution is -0.117. The van der Waals surface area contributed by atoms with Crippen molar-refractivity contribution in [3.05, 3.63) is 83.2 Å². The Labute approximate surface area is 167 Å². The number of aliphatic imine (C=N–C) groups is 1. The zero-order chi connectivity index (χ0) is 19.8. The molecule has 0 saturated heterocycles. The normalized spacial score (nSPS) is 13.8. The number of hydrogen-bond donors (Lipinski definition) is 0. The number of nitrogens with zero attached hydrogens (tertiary/aromatic N) is 5. The fraction of sp³-hybridized carbons (Fsp3) is 0.174. The zero-order valence-electron chi connectivity index (χ0n) is 16.0. The third-order valence-corrected chi connectivity index (χ3v) is 5.32. The Bertz CT molecular complexity index is 1250. The minimum Gasteiger partial charge on any atom is -0.297 e. The van der Waals surface area contributed by atoms with E-state index in [1.54, 1.807) is 4.68 Å². The molecular weight excluding hydrogens is 362 g/mol. The van der Waals surface area contributed by atoms with E-state index >= 15 is 0 Å². The summed E-state index contributed by atoms with van der Waals surface area (Å²) < 4.78 is 1.74. The van der Waals surface area contributed by atoms with Gasteiger partial charge >= 0.3 is 0 Å². The predicted molar refractivity (Wildman–Crippen MR) is 112 cm³/mol. The van der Waals surface area contributed by atoms with Crippen LogP contribution in [0.15, 0.2) is 65.7 Å². The molecule has 0 unspecified atom stereocenters. The molecule has 0 bridgehead atoms. The summed E-state index contributed by atoms with van der Waals surface area (Å²) in [5, 5.41) is 14.1. The van der Waals surface area contributed by atoms with Gasteiger partial charge in [0.25, 0.3) is 0 Å². The van der Waals surface area contributed by atoms with E-state index in [9.17, 15) is 4.79 Å². The highest BCUT2D eigenvalue weighted by Gasteiger charge is 2.20. The molecule has 3 aromatic carbocycles. The van der Waals surface area contributed by atoms with Crippen molar-refractivity contribution in [3.63, 3.8) is 0 Å². The molecule has 0 fully saturated rings. The van der Waals surface area contributed by atoms with Crippen LogP contribution in [0, 0.1) is 0 Å². The molecule has 0 saturated carbocycles. The number of rotatable bonds is 3. The van der Waals surface area contributed by atoms with Crippen molar-refractivity contribution in [1.29, 1.82) is 0 Å². The number of hydrogen-bond acceptors (Lipinski definition) is 5. The van der Waals surface area contributed by atoms with Crippen molar-refractivity contribution in [2.24, 2.45) is 4.99 Å². The summed E-state index contributed by atoms with van der Waals surface area (Å²) in [7, 11) is 0. The summed E-state index contributed by atoms with van der Waals surface area (Å²) in [6, 6.07) is 20.4. The molecule has 4 aromatic rings. The number of carbonyl (C=O) groups is 1. The Hall–Kier alpha value is -3.67. The van der Waals surface area contributed by atoms with Crippen molar-refractivity contribution in [3.8, 4) is 5.69 Å². The Morgan fingerprint density at radius 1 is 1.00 bits per heavy atom. The number of fused-ring (bicyclic) bond motifs is 3. The van der Waals surface area contributed by atoms with Gasteiger partial charge in [-0.3, -0.25) is 9.79 Å². The number of Topliss-reactive ketones (excluding diaryl/α,β-unsaturated/α-hetero) is 1. The van der Waals surface area contributed by atoms with Gasteiger partial charge in [-0.05, 0) is 38.9 Å². The Morgan fingerprint density at radius 2 is 1.83 bits per heavy atom. The van der Waals surface area contributed by atoms with E-state index in [2.05, 4.69) is 44.8 Å². The van der Waals surface area contributed by atoms with Crippen LogP contribution in [0.3, 0.4) is 0 Å². The molecule has 1 aliphatic heterocycles. The zero-order valence-corrected chi connectivity index (χ0v) is 16.0. The maximum absolute atomic E-state index is 12.4. The molecule has 0 spiro atoms. The van der Waals surface area contributed by atoms with Crippen LogP contribution in [0.1, 0.15) is 29.4 Å². The number of carbonyl (C=O) groups excluding carboxylic acids is 1. The van der Waals surface area contributed by atoms with Crippen LogP contribution in [0.5, 0.6) is 0 Å². The average Bonchev–Trinajstić information content (AvgIpc) is 3.17. The standard InChI is InChI=1S/C23H19N5O/c1-2-22-25-26-27-28(22)17-10-7-16(8-11-17)23-20-12-9-15-5-3-4-6-19(15)21(20)13-18(29)14-24-23/h3-12H,2,13-14H2,1H3. The van der Waals surface area contributed by atoms with Crippen LogP contribution in [0.2, 0.25) is 0 Å². The van der Waals surface area contributed by atoms with Crippen molar-refractivity contribution < 1.29 is 4.79 Å². The van der Waals surface area contributed by atoms with Crippen LogP contribution in [0.4, 0.5) is 0 Å². The van der Waals surface area contributed by atoms with E-state index in [1.165, 1.54) is 0 Å².